The SMILES string of the molecule is CCCn1c(C)cc(/C=C(\C#N)C(=O)Nc2ccc3c(c2)NC(=O)CO3)c1C. The number of nitrogens with one attached hydrogen (secondary N) is 2. The lowest BCUT2D eigenvalue weighted by Crippen LogP contribution is -2.25. The summed E-state index contributed by atoms with van der Waals surface area (Å²) in [7, 11) is 0. The van der Waals surface area contributed by atoms with Crippen LogP contribution in [0.2, 0.25) is 0 Å². The van der Waals surface area contributed by atoms with Crippen LogP contribution in [0.25, 0.3) is 6.08 Å². The van der Waals surface area contributed by atoms with Crippen molar-refractivity contribution in [3.63, 3.8) is 0 Å². The molecule has 7 nitrogen and oxygen atoms in total. The summed E-state index contributed by atoms with van der Waals surface area (Å²) in [6, 6.07) is 8.88. The molecule has 0 bridgehead atoms. The van der Waals surface area contributed by atoms with Crippen molar-refractivity contribution in [3.8, 4) is 11.8 Å². The van der Waals surface area contributed by atoms with Gasteiger partial charge in [-0.05, 0) is 56.2 Å². The Labute approximate surface area is 163 Å². The molecule has 2 heterocycles. The van der Waals surface area contributed by atoms with Crippen molar-refractivity contribution in [2.45, 2.75) is 33.7 Å². The molecule has 0 saturated heterocycles. The van der Waals surface area contributed by atoms with E-state index in [9.17, 15) is 14.9 Å². The molecule has 0 saturated carbocycles. The van der Waals surface area contributed by atoms with Crippen LogP contribution in [0, 0.1) is 25.2 Å². The molecule has 0 unspecified atom stereocenters. The molecule has 2 N–H and O–H groups in total. The van der Waals surface area contributed by atoms with Gasteiger partial charge in [0.25, 0.3) is 11.8 Å². The highest BCUT2D eigenvalue weighted by Crippen LogP contribution is 2.30. The Morgan fingerprint density at radius 3 is 2.89 bits per heavy atom. The maximum Gasteiger partial charge on any atom is 0.266 e. The van der Waals surface area contributed by atoms with E-state index in [0.29, 0.717) is 17.1 Å². The molecule has 1 aromatic carbocycles. The number of amides is 2. The van der Waals surface area contributed by atoms with Crippen LogP contribution in [-0.4, -0.2) is 23.0 Å². The zero-order valence-electron chi connectivity index (χ0n) is 16.1. The van der Waals surface area contributed by atoms with Gasteiger partial charge in [0.2, 0.25) is 0 Å². The number of benzene rings is 1. The number of nitriles is 1. The van der Waals surface area contributed by atoms with E-state index >= 15 is 0 Å². The van der Waals surface area contributed by atoms with Gasteiger partial charge in [-0.2, -0.15) is 5.26 Å². The number of anilines is 2. The molecular formula is C21H22N4O3. The third-order valence-electron chi connectivity index (χ3n) is 4.60. The van der Waals surface area contributed by atoms with Crippen molar-refractivity contribution in [3.05, 3.63) is 46.8 Å². The summed E-state index contributed by atoms with van der Waals surface area (Å²) in [5, 5.41) is 14.9. The van der Waals surface area contributed by atoms with Crippen LogP contribution in [0.3, 0.4) is 0 Å². The van der Waals surface area contributed by atoms with Gasteiger partial charge in [-0.25, -0.2) is 0 Å². The van der Waals surface area contributed by atoms with E-state index < -0.39 is 5.91 Å². The zero-order chi connectivity index (χ0) is 20.3. The van der Waals surface area contributed by atoms with E-state index in [1.54, 1.807) is 24.3 Å². The average Bonchev–Trinajstić information content (AvgIpc) is 2.93. The smallest absolute Gasteiger partial charge is 0.266 e. The number of fused-ring (bicyclic) bond motifs is 1. The van der Waals surface area contributed by atoms with Crippen LogP contribution in [-0.2, 0) is 16.1 Å². The highest BCUT2D eigenvalue weighted by Gasteiger charge is 2.18. The van der Waals surface area contributed by atoms with Gasteiger partial charge in [0, 0.05) is 23.6 Å². The molecule has 1 aromatic heterocycles. The zero-order valence-corrected chi connectivity index (χ0v) is 16.1. The first-order chi connectivity index (χ1) is 13.4. The van der Waals surface area contributed by atoms with E-state index in [2.05, 4.69) is 22.1 Å². The van der Waals surface area contributed by atoms with Crippen LogP contribution in [0.4, 0.5) is 11.4 Å². The molecule has 1 aliphatic heterocycles. The molecule has 0 radical (unpaired) electrons. The first kappa shape index (κ1) is 19.2. The monoisotopic (exact) mass is 378 g/mol. The predicted molar refractivity (Wildman–Crippen MR) is 107 cm³/mol. The number of rotatable bonds is 5. The maximum absolute atomic E-state index is 12.6. The summed E-state index contributed by atoms with van der Waals surface area (Å²) in [6.45, 7) is 6.96. The lowest BCUT2D eigenvalue weighted by Gasteiger charge is -2.18. The van der Waals surface area contributed by atoms with Crippen molar-refractivity contribution in [2.24, 2.45) is 0 Å². The van der Waals surface area contributed by atoms with Gasteiger partial charge in [0.1, 0.15) is 17.4 Å². The largest absolute Gasteiger partial charge is 0.482 e. The Hall–Kier alpha value is -3.53. The Balaban J connectivity index is 1.82. The van der Waals surface area contributed by atoms with Crippen LogP contribution in [0.5, 0.6) is 5.75 Å². The molecular weight excluding hydrogens is 356 g/mol. The van der Waals surface area contributed by atoms with Crippen molar-refractivity contribution in [2.75, 3.05) is 17.2 Å². The number of hydrogen-bond donors (Lipinski definition) is 2. The summed E-state index contributed by atoms with van der Waals surface area (Å²) in [4.78, 5) is 24.0. The summed E-state index contributed by atoms with van der Waals surface area (Å²) >= 11 is 0. The molecule has 28 heavy (non-hydrogen) atoms. The quantitative estimate of drug-likeness (QED) is 0.616. The van der Waals surface area contributed by atoms with Gasteiger partial charge >= 0.3 is 0 Å². The number of ether oxygens (including phenoxy) is 1. The number of aryl methyl sites for hydroxylation is 1. The predicted octanol–water partition coefficient (Wildman–Crippen LogP) is 3.39. The minimum Gasteiger partial charge on any atom is -0.482 e. The lowest BCUT2D eigenvalue weighted by molar-refractivity contribution is -0.118. The Bertz CT molecular complexity index is 1010. The van der Waals surface area contributed by atoms with Gasteiger partial charge in [0.05, 0.1) is 5.69 Å². The van der Waals surface area contributed by atoms with E-state index in [4.69, 9.17) is 4.74 Å². The first-order valence-corrected chi connectivity index (χ1v) is 9.09. The molecule has 1 aliphatic rings. The Morgan fingerprint density at radius 1 is 1.39 bits per heavy atom. The molecule has 0 aliphatic carbocycles. The fourth-order valence-electron chi connectivity index (χ4n) is 3.20. The number of aromatic nitrogens is 1. The Morgan fingerprint density at radius 2 is 2.18 bits per heavy atom. The third-order valence-corrected chi connectivity index (χ3v) is 4.60. The molecule has 2 amide bonds. The highest BCUT2D eigenvalue weighted by molar-refractivity contribution is 6.10. The second-order valence-corrected chi connectivity index (χ2v) is 6.65. The average molecular weight is 378 g/mol. The minimum atomic E-state index is -0.509. The fraction of sp³-hybridized carbons (Fsp3) is 0.286. The van der Waals surface area contributed by atoms with Crippen molar-refractivity contribution >= 4 is 29.3 Å². The number of carbonyl (C=O) groups excluding carboxylic acids is 2. The highest BCUT2D eigenvalue weighted by atomic mass is 16.5. The molecule has 144 valence electrons. The van der Waals surface area contributed by atoms with Gasteiger partial charge < -0.3 is 19.9 Å². The second kappa shape index (κ2) is 8.01. The first-order valence-electron chi connectivity index (χ1n) is 9.09. The fourth-order valence-corrected chi connectivity index (χ4v) is 3.20. The van der Waals surface area contributed by atoms with Crippen molar-refractivity contribution in [1.82, 2.24) is 4.57 Å². The maximum atomic E-state index is 12.6. The molecule has 3 rings (SSSR count). The third kappa shape index (κ3) is 3.91. The summed E-state index contributed by atoms with van der Waals surface area (Å²) in [5.41, 5.74) is 3.92. The number of hydrogen-bond acceptors (Lipinski definition) is 4. The molecule has 7 heteroatoms. The molecule has 0 atom stereocenters. The van der Waals surface area contributed by atoms with Crippen LogP contribution in [0.1, 0.15) is 30.3 Å². The van der Waals surface area contributed by atoms with Crippen LogP contribution >= 0.6 is 0 Å². The van der Waals surface area contributed by atoms with Crippen LogP contribution in [0.15, 0.2) is 29.8 Å². The van der Waals surface area contributed by atoms with Gasteiger partial charge in [-0.3, -0.25) is 9.59 Å². The topological polar surface area (TPSA) is 96.1 Å². The van der Waals surface area contributed by atoms with E-state index in [1.807, 2.05) is 26.0 Å². The standard InChI is InChI=1S/C21H22N4O3/c1-4-7-25-13(2)8-15(14(25)3)9-16(11-22)21(27)23-17-5-6-19-18(10-17)24-20(26)12-28-19/h5-6,8-10H,4,7,12H2,1-3H3,(H,23,27)(H,24,26)/b16-9+. The van der Waals surface area contributed by atoms with E-state index in [0.717, 1.165) is 29.9 Å². The second-order valence-electron chi connectivity index (χ2n) is 6.65. The van der Waals surface area contributed by atoms with E-state index in [1.165, 1.54) is 0 Å². The van der Waals surface area contributed by atoms with Gasteiger partial charge in [-0.1, -0.05) is 6.92 Å². The summed E-state index contributed by atoms with van der Waals surface area (Å²) in [5.74, 6) is -0.223. The molecule has 2 aromatic rings. The normalized spacial score (nSPS) is 13.2. The molecule has 0 fully saturated rings. The summed E-state index contributed by atoms with van der Waals surface area (Å²) in [6.07, 6.45) is 2.61. The molecule has 0 spiro atoms. The van der Waals surface area contributed by atoms with Crippen molar-refractivity contribution < 1.29 is 14.3 Å². The van der Waals surface area contributed by atoms with E-state index in [-0.39, 0.29) is 18.1 Å². The Kier molecular flexibility index (Phi) is 5.50. The minimum absolute atomic E-state index is 0.00903. The number of carbonyl (C=O) groups is 2. The van der Waals surface area contributed by atoms with Gasteiger partial charge in [-0.15, -0.1) is 0 Å². The summed E-state index contributed by atoms with van der Waals surface area (Å²) < 4.78 is 7.47. The van der Waals surface area contributed by atoms with Crippen molar-refractivity contribution in [1.29, 1.82) is 5.26 Å². The number of nitrogens with zero attached hydrogens (tertiary/aromatic N) is 2. The van der Waals surface area contributed by atoms with Crippen LogP contribution < -0.4 is 15.4 Å². The lowest BCUT2D eigenvalue weighted by atomic mass is 10.1. The van der Waals surface area contributed by atoms with Gasteiger partial charge in [0.15, 0.2) is 6.61 Å².